The molecule has 3 rings (SSSR count). The molecule has 172 valence electrons. The first-order valence-electron chi connectivity index (χ1n) is 11.1. The lowest BCUT2D eigenvalue weighted by atomic mass is 10.0. The molecule has 33 heavy (non-hydrogen) atoms. The highest BCUT2D eigenvalue weighted by Gasteiger charge is 2.16. The highest BCUT2D eigenvalue weighted by molar-refractivity contribution is 5.99. The van der Waals surface area contributed by atoms with Gasteiger partial charge >= 0.3 is 0 Å². The number of nitrogens with one attached hydrogen (secondary N) is 1. The SMILES string of the molecule is CC(=O)c1ccc2cc(N(C)CC(=O)N(CCCN)CCc3ccc([NH+]=O)cc3)ccc2c1. The molecule has 0 atom stereocenters. The van der Waals surface area contributed by atoms with Crippen LogP contribution in [-0.2, 0) is 11.2 Å². The Kier molecular flexibility index (Phi) is 8.27. The van der Waals surface area contributed by atoms with Crippen molar-refractivity contribution in [3.63, 3.8) is 0 Å². The lowest BCUT2D eigenvalue weighted by Gasteiger charge is -2.27. The van der Waals surface area contributed by atoms with Crippen molar-refractivity contribution < 1.29 is 14.8 Å². The molecule has 0 aromatic heterocycles. The Morgan fingerprint density at radius 1 is 0.939 bits per heavy atom. The Hall–Kier alpha value is -3.58. The number of carbonyl (C=O) groups excluding carboxylic acids is 2. The normalized spacial score (nSPS) is 10.8. The molecule has 0 bridgehead atoms. The van der Waals surface area contributed by atoms with E-state index in [9.17, 15) is 14.5 Å². The van der Waals surface area contributed by atoms with E-state index in [2.05, 4.69) is 0 Å². The molecule has 0 fully saturated rings. The second kappa shape index (κ2) is 11.3. The number of nitroso groups, excluding NO2 is 1. The summed E-state index contributed by atoms with van der Waals surface area (Å²) >= 11 is 0. The maximum Gasteiger partial charge on any atom is 0.253 e. The highest BCUT2D eigenvalue weighted by Crippen LogP contribution is 2.23. The number of ketones is 1. The number of benzene rings is 3. The number of nitrogens with two attached hydrogens (primary N) is 1. The van der Waals surface area contributed by atoms with E-state index in [-0.39, 0.29) is 18.2 Å². The predicted octanol–water partition coefficient (Wildman–Crippen LogP) is 2.38. The first kappa shape index (κ1) is 24.1. The zero-order valence-corrected chi connectivity index (χ0v) is 19.2. The van der Waals surface area contributed by atoms with Gasteiger partial charge in [-0.2, -0.15) is 0 Å². The van der Waals surface area contributed by atoms with Crippen LogP contribution < -0.4 is 15.8 Å². The zero-order chi connectivity index (χ0) is 23.8. The van der Waals surface area contributed by atoms with E-state index in [1.54, 1.807) is 19.1 Å². The zero-order valence-electron chi connectivity index (χ0n) is 19.2. The van der Waals surface area contributed by atoms with Crippen LogP contribution in [0.1, 0.15) is 29.3 Å². The van der Waals surface area contributed by atoms with Gasteiger partial charge in [-0.05, 0) is 60.8 Å². The first-order chi connectivity index (χ1) is 15.9. The van der Waals surface area contributed by atoms with Crippen molar-refractivity contribution in [3.05, 3.63) is 76.7 Å². The molecule has 1 amide bonds. The van der Waals surface area contributed by atoms with Crippen molar-refractivity contribution in [2.45, 2.75) is 19.8 Å². The van der Waals surface area contributed by atoms with Crippen molar-refractivity contribution in [2.75, 3.05) is 38.1 Å². The van der Waals surface area contributed by atoms with E-state index in [0.29, 0.717) is 37.3 Å². The fraction of sp³-hybridized carbons (Fsp3) is 0.308. The smallest absolute Gasteiger partial charge is 0.253 e. The molecule has 0 aliphatic carbocycles. The van der Waals surface area contributed by atoms with E-state index in [4.69, 9.17) is 5.73 Å². The van der Waals surface area contributed by atoms with Gasteiger partial charge in [0.2, 0.25) is 5.91 Å². The quantitative estimate of drug-likeness (QED) is 0.440. The van der Waals surface area contributed by atoms with Gasteiger partial charge in [0.15, 0.2) is 5.78 Å². The second-order valence-electron chi connectivity index (χ2n) is 8.23. The first-order valence-corrected chi connectivity index (χ1v) is 11.1. The molecule has 0 spiro atoms. The van der Waals surface area contributed by atoms with Gasteiger partial charge in [0.1, 0.15) is 0 Å². The second-order valence-corrected chi connectivity index (χ2v) is 8.23. The Labute approximate surface area is 194 Å². The predicted molar refractivity (Wildman–Crippen MR) is 132 cm³/mol. The molecule has 7 nitrogen and oxygen atoms in total. The number of fused-ring (bicyclic) bond motifs is 1. The maximum atomic E-state index is 13.1. The Balaban J connectivity index is 1.67. The van der Waals surface area contributed by atoms with Crippen molar-refractivity contribution >= 4 is 33.8 Å². The van der Waals surface area contributed by atoms with Crippen LogP contribution in [0, 0.1) is 4.91 Å². The molecule has 0 radical (unpaired) electrons. The third kappa shape index (κ3) is 6.46. The summed E-state index contributed by atoms with van der Waals surface area (Å²) in [7, 11) is 1.90. The van der Waals surface area contributed by atoms with Crippen molar-refractivity contribution in [1.29, 1.82) is 0 Å². The topological polar surface area (TPSA) is 97.7 Å². The van der Waals surface area contributed by atoms with Gasteiger partial charge in [0, 0.05) is 53.6 Å². The lowest BCUT2D eigenvalue weighted by molar-refractivity contribution is -0.379. The van der Waals surface area contributed by atoms with E-state index < -0.39 is 0 Å². The minimum Gasteiger partial charge on any atom is -0.365 e. The fourth-order valence-corrected chi connectivity index (χ4v) is 3.73. The summed E-state index contributed by atoms with van der Waals surface area (Å²) in [6, 6.07) is 18.9. The van der Waals surface area contributed by atoms with Crippen LogP contribution in [0.4, 0.5) is 11.4 Å². The third-order valence-electron chi connectivity index (χ3n) is 5.77. The molecule has 0 aliphatic rings. The van der Waals surface area contributed by atoms with E-state index in [0.717, 1.165) is 28.4 Å². The Morgan fingerprint density at radius 2 is 1.64 bits per heavy atom. The van der Waals surface area contributed by atoms with Gasteiger partial charge in [-0.1, -0.05) is 30.3 Å². The molecule has 7 heteroatoms. The molecule has 0 heterocycles. The summed E-state index contributed by atoms with van der Waals surface area (Å²) in [6.07, 6.45) is 1.44. The van der Waals surface area contributed by atoms with Gasteiger partial charge < -0.3 is 15.5 Å². The van der Waals surface area contributed by atoms with Crippen molar-refractivity contribution in [2.24, 2.45) is 5.73 Å². The van der Waals surface area contributed by atoms with Gasteiger partial charge in [-0.3, -0.25) is 9.59 Å². The number of amides is 1. The standard InChI is InChI=1S/C26H30N4O3/c1-19(31)21-6-7-23-17-25(11-8-22(23)16-21)29(2)18-26(32)30(14-3-13-27)15-12-20-4-9-24(28-33)10-5-20/h4-11,16-17H,3,12-15,18,27H2,1-2H3/p+1. The van der Waals surface area contributed by atoms with Gasteiger partial charge in [-0.25, -0.2) is 0 Å². The summed E-state index contributed by atoms with van der Waals surface area (Å²) in [5.41, 5.74) is 8.89. The van der Waals surface area contributed by atoms with Crippen molar-refractivity contribution in [1.82, 2.24) is 4.90 Å². The molecule has 3 aromatic rings. The minimum atomic E-state index is 0.0378. The van der Waals surface area contributed by atoms with Crippen LogP contribution in [-0.4, -0.2) is 49.8 Å². The minimum absolute atomic E-state index is 0.0378. The van der Waals surface area contributed by atoms with Crippen LogP contribution in [0.15, 0.2) is 60.7 Å². The number of carbonyl (C=O) groups is 2. The molecule has 3 aromatic carbocycles. The molecular formula is C26H31N4O3+. The Morgan fingerprint density at radius 3 is 2.30 bits per heavy atom. The molecule has 0 aliphatic heterocycles. The van der Waals surface area contributed by atoms with Crippen LogP contribution in [0.2, 0.25) is 0 Å². The monoisotopic (exact) mass is 447 g/mol. The van der Waals surface area contributed by atoms with Crippen LogP contribution in [0.3, 0.4) is 0 Å². The summed E-state index contributed by atoms with van der Waals surface area (Å²) in [5.74, 6) is 0.0788. The molecule has 0 saturated heterocycles. The van der Waals surface area contributed by atoms with E-state index >= 15 is 0 Å². The fourth-order valence-electron chi connectivity index (χ4n) is 3.73. The number of hydrogen-bond donors (Lipinski definition) is 2. The molecule has 0 unspecified atom stereocenters. The van der Waals surface area contributed by atoms with Crippen LogP contribution >= 0.6 is 0 Å². The van der Waals surface area contributed by atoms with Crippen LogP contribution in [0.25, 0.3) is 10.8 Å². The largest absolute Gasteiger partial charge is 0.365 e. The number of nitrogens with zero attached hydrogens (tertiary/aromatic N) is 2. The summed E-state index contributed by atoms with van der Waals surface area (Å²) < 4.78 is 0. The Bertz CT molecular complexity index is 1130. The molecular weight excluding hydrogens is 416 g/mol. The molecule has 0 saturated carbocycles. The lowest BCUT2D eigenvalue weighted by Crippen LogP contribution is -2.55. The summed E-state index contributed by atoms with van der Waals surface area (Å²) in [5, 5.41) is 3.89. The molecule has 3 N–H and O–H groups in total. The van der Waals surface area contributed by atoms with Crippen molar-refractivity contribution in [3.8, 4) is 0 Å². The number of rotatable bonds is 11. The average molecular weight is 448 g/mol. The van der Waals surface area contributed by atoms with E-state index in [1.165, 1.54) is 0 Å². The third-order valence-corrected chi connectivity index (χ3v) is 5.77. The number of Topliss-reactive ketones (excluding diaryl/α,β-unsaturated/α-hetero) is 1. The van der Waals surface area contributed by atoms with Crippen LogP contribution in [0.5, 0.6) is 0 Å². The summed E-state index contributed by atoms with van der Waals surface area (Å²) in [6.45, 7) is 3.53. The number of anilines is 1. The van der Waals surface area contributed by atoms with Gasteiger partial charge in [0.05, 0.1) is 6.54 Å². The highest BCUT2D eigenvalue weighted by atomic mass is 16.3. The maximum absolute atomic E-state index is 13.1. The number of hydrogen-bond acceptors (Lipinski definition) is 5. The average Bonchev–Trinajstić information content (AvgIpc) is 2.83. The van der Waals surface area contributed by atoms with E-state index in [1.807, 2.05) is 70.6 Å². The van der Waals surface area contributed by atoms with Gasteiger partial charge in [0.25, 0.3) is 5.69 Å². The number of likely N-dealkylation sites (N-methyl/N-ethyl adjacent to an activating group) is 1. The van der Waals surface area contributed by atoms with Gasteiger partial charge in [-0.15, -0.1) is 0 Å². The summed E-state index contributed by atoms with van der Waals surface area (Å²) in [4.78, 5) is 39.2.